The lowest BCUT2D eigenvalue weighted by atomic mass is 9.87. The lowest BCUT2D eigenvalue weighted by Gasteiger charge is -2.19. The van der Waals surface area contributed by atoms with Gasteiger partial charge in [0.25, 0.3) is 0 Å². The molecule has 0 aromatic carbocycles. The average Bonchev–Trinajstić information content (AvgIpc) is 2.29. The van der Waals surface area contributed by atoms with Crippen molar-refractivity contribution in [2.24, 2.45) is 5.92 Å². The maximum Gasteiger partial charge on any atom is 0.306 e. The van der Waals surface area contributed by atoms with E-state index in [4.69, 9.17) is 10.8 Å². The summed E-state index contributed by atoms with van der Waals surface area (Å²) in [5.74, 6) is -0.949. The van der Waals surface area contributed by atoms with Gasteiger partial charge in [-0.2, -0.15) is 0 Å². The van der Waals surface area contributed by atoms with Crippen molar-refractivity contribution in [2.75, 3.05) is 5.73 Å². The third-order valence-corrected chi connectivity index (χ3v) is 3.16. The van der Waals surface area contributed by atoms with E-state index in [-0.39, 0.29) is 5.92 Å². The molecule has 1 heterocycles. The number of rotatable bonds is 2. The summed E-state index contributed by atoms with van der Waals surface area (Å²) in [4.78, 5) is 15.2. The minimum Gasteiger partial charge on any atom is -0.481 e. The Hall–Kier alpha value is -1.84. The average molecular weight is 232 g/mol. The van der Waals surface area contributed by atoms with E-state index >= 15 is 0 Å². The van der Waals surface area contributed by atoms with Gasteiger partial charge in [0.2, 0.25) is 0 Å². The number of nitrogens with two attached hydrogens (primary N) is 1. The minimum atomic E-state index is -0.706. The second-order valence-corrected chi connectivity index (χ2v) is 4.47. The molecule has 1 unspecified atom stereocenters. The molecule has 0 bridgehead atoms. The van der Waals surface area contributed by atoms with Crippen molar-refractivity contribution in [3.63, 3.8) is 0 Å². The highest BCUT2D eigenvalue weighted by atomic mass is 16.4. The molecule has 0 radical (unpaired) electrons. The van der Waals surface area contributed by atoms with Crippen LogP contribution in [0.5, 0.6) is 0 Å². The van der Waals surface area contributed by atoms with Crippen molar-refractivity contribution in [1.82, 2.24) is 4.98 Å². The van der Waals surface area contributed by atoms with Gasteiger partial charge in [-0.3, -0.25) is 9.78 Å². The van der Waals surface area contributed by atoms with Crippen molar-refractivity contribution in [3.8, 4) is 0 Å². The molecule has 3 N–H and O–H groups in total. The molecule has 0 spiro atoms. The second-order valence-electron chi connectivity index (χ2n) is 4.47. The Morgan fingerprint density at radius 2 is 2.35 bits per heavy atom. The summed E-state index contributed by atoms with van der Waals surface area (Å²) in [5, 5.41) is 8.92. The zero-order valence-electron chi connectivity index (χ0n) is 9.81. The van der Waals surface area contributed by atoms with Gasteiger partial charge in [-0.25, -0.2) is 0 Å². The Bertz CT molecular complexity index is 480. The van der Waals surface area contributed by atoms with E-state index in [1.807, 2.05) is 19.1 Å². The fraction of sp³-hybridized carbons (Fsp3) is 0.385. The van der Waals surface area contributed by atoms with Crippen LogP contribution < -0.4 is 5.73 Å². The highest BCUT2D eigenvalue weighted by Crippen LogP contribution is 2.31. The molecule has 0 saturated heterocycles. The number of nitrogens with zero attached hydrogens (tertiary/aromatic N) is 1. The maximum absolute atomic E-state index is 10.8. The van der Waals surface area contributed by atoms with Crippen LogP contribution in [0.25, 0.3) is 5.57 Å². The summed E-state index contributed by atoms with van der Waals surface area (Å²) >= 11 is 0. The standard InChI is InChI=1S/C13H16N2O2/c1-8-6-11(14)7-15-12(8)9-2-4-10(5-3-9)13(16)17/h2,6-7,10H,3-5,14H2,1H3,(H,16,17). The van der Waals surface area contributed by atoms with Crippen LogP contribution in [-0.2, 0) is 4.79 Å². The third kappa shape index (κ3) is 2.46. The lowest BCUT2D eigenvalue weighted by molar-refractivity contribution is -0.141. The number of hydrogen-bond acceptors (Lipinski definition) is 3. The first-order chi connectivity index (χ1) is 8.08. The molecule has 1 aliphatic rings. The molecule has 1 atom stereocenters. The van der Waals surface area contributed by atoms with Crippen LogP contribution in [0.1, 0.15) is 30.5 Å². The quantitative estimate of drug-likeness (QED) is 0.819. The highest BCUT2D eigenvalue weighted by molar-refractivity contribution is 5.74. The van der Waals surface area contributed by atoms with Gasteiger partial charge in [0, 0.05) is 0 Å². The number of allylic oxidation sites excluding steroid dienone is 2. The molecule has 4 nitrogen and oxygen atoms in total. The first kappa shape index (κ1) is 11.6. The van der Waals surface area contributed by atoms with Gasteiger partial charge in [0.05, 0.1) is 23.5 Å². The summed E-state index contributed by atoms with van der Waals surface area (Å²) in [5.41, 5.74) is 9.45. The molecule has 0 fully saturated rings. The van der Waals surface area contributed by atoms with Gasteiger partial charge < -0.3 is 10.8 Å². The number of pyridine rings is 1. The molecule has 0 aliphatic heterocycles. The number of carbonyl (C=O) groups is 1. The molecule has 2 rings (SSSR count). The molecular weight excluding hydrogens is 216 g/mol. The zero-order chi connectivity index (χ0) is 12.4. The topological polar surface area (TPSA) is 76.2 Å². The SMILES string of the molecule is Cc1cc(N)cnc1C1=CCC(C(=O)O)CC1. The molecule has 1 aromatic rings. The Morgan fingerprint density at radius 3 is 2.88 bits per heavy atom. The number of hydrogen-bond donors (Lipinski definition) is 2. The van der Waals surface area contributed by atoms with E-state index in [0.29, 0.717) is 18.5 Å². The summed E-state index contributed by atoms with van der Waals surface area (Å²) in [6.07, 6.45) is 5.69. The monoisotopic (exact) mass is 232 g/mol. The predicted octanol–water partition coefficient (Wildman–Crippen LogP) is 2.24. The van der Waals surface area contributed by atoms with Crippen LogP contribution in [0.15, 0.2) is 18.3 Å². The molecule has 1 aromatic heterocycles. The van der Waals surface area contributed by atoms with Crippen LogP contribution >= 0.6 is 0 Å². The van der Waals surface area contributed by atoms with Crippen molar-refractivity contribution in [2.45, 2.75) is 26.2 Å². The summed E-state index contributed by atoms with van der Waals surface area (Å²) in [6, 6.07) is 1.90. The van der Waals surface area contributed by atoms with Gasteiger partial charge >= 0.3 is 5.97 Å². The van der Waals surface area contributed by atoms with Crippen LogP contribution in [0.4, 0.5) is 5.69 Å². The van der Waals surface area contributed by atoms with Crippen LogP contribution in [0.2, 0.25) is 0 Å². The molecule has 17 heavy (non-hydrogen) atoms. The highest BCUT2D eigenvalue weighted by Gasteiger charge is 2.22. The number of aliphatic carboxylic acids is 1. The lowest BCUT2D eigenvalue weighted by Crippen LogP contribution is -2.16. The molecule has 0 saturated carbocycles. The summed E-state index contributed by atoms with van der Waals surface area (Å²) in [7, 11) is 0. The van der Waals surface area contributed by atoms with E-state index in [0.717, 1.165) is 23.3 Å². The number of nitrogen functional groups attached to an aromatic ring is 1. The van der Waals surface area contributed by atoms with Gasteiger partial charge in [0.1, 0.15) is 0 Å². The number of carboxylic acid groups (broad SMARTS) is 1. The zero-order valence-corrected chi connectivity index (χ0v) is 9.81. The summed E-state index contributed by atoms with van der Waals surface area (Å²) in [6.45, 7) is 1.98. The minimum absolute atomic E-state index is 0.243. The molecule has 4 heteroatoms. The van der Waals surface area contributed by atoms with Gasteiger partial charge in [-0.15, -0.1) is 0 Å². The fourth-order valence-corrected chi connectivity index (χ4v) is 2.21. The Kier molecular flexibility index (Phi) is 3.13. The van der Waals surface area contributed by atoms with E-state index in [2.05, 4.69) is 4.98 Å². The fourth-order valence-electron chi connectivity index (χ4n) is 2.21. The Morgan fingerprint density at radius 1 is 1.59 bits per heavy atom. The third-order valence-electron chi connectivity index (χ3n) is 3.16. The van der Waals surface area contributed by atoms with Gasteiger partial charge in [0.15, 0.2) is 0 Å². The van der Waals surface area contributed by atoms with E-state index in [1.54, 1.807) is 6.20 Å². The number of carboxylic acids is 1. The first-order valence-corrected chi connectivity index (χ1v) is 5.72. The van der Waals surface area contributed by atoms with Gasteiger partial charge in [-0.1, -0.05) is 6.08 Å². The van der Waals surface area contributed by atoms with E-state index in [9.17, 15) is 4.79 Å². The Balaban J connectivity index is 2.22. The number of aryl methyl sites for hydroxylation is 1. The molecule has 1 aliphatic carbocycles. The smallest absolute Gasteiger partial charge is 0.306 e. The van der Waals surface area contributed by atoms with Crippen molar-refractivity contribution < 1.29 is 9.90 Å². The largest absolute Gasteiger partial charge is 0.481 e. The summed E-state index contributed by atoms with van der Waals surface area (Å²) < 4.78 is 0. The number of anilines is 1. The Labute approximate surface area is 100 Å². The van der Waals surface area contributed by atoms with Crippen molar-refractivity contribution in [1.29, 1.82) is 0 Å². The molecular formula is C13H16N2O2. The van der Waals surface area contributed by atoms with E-state index < -0.39 is 5.97 Å². The first-order valence-electron chi connectivity index (χ1n) is 5.72. The van der Waals surface area contributed by atoms with Crippen molar-refractivity contribution >= 4 is 17.2 Å². The van der Waals surface area contributed by atoms with Crippen molar-refractivity contribution in [3.05, 3.63) is 29.6 Å². The van der Waals surface area contributed by atoms with Crippen LogP contribution in [0, 0.1) is 12.8 Å². The normalized spacial score (nSPS) is 19.8. The molecule has 0 amide bonds. The second kappa shape index (κ2) is 4.57. The van der Waals surface area contributed by atoms with Gasteiger partial charge in [-0.05, 0) is 43.4 Å². The van der Waals surface area contributed by atoms with Crippen LogP contribution in [0.3, 0.4) is 0 Å². The van der Waals surface area contributed by atoms with Crippen LogP contribution in [-0.4, -0.2) is 16.1 Å². The number of aromatic nitrogens is 1. The predicted molar refractivity (Wildman–Crippen MR) is 66.3 cm³/mol. The molecule has 90 valence electrons. The maximum atomic E-state index is 10.8. The van der Waals surface area contributed by atoms with E-state index in [1.165, 1.54) is 0 Å².